The van der Waals surface area contributed by atoms with Crippen molar-refractivity contribution in [2.45, 2.75) is 13.8 Å². The number of hydrogen-bond acceptors (Lipinski definition) is 5. The first-order chi connectivity index (χ1) is 10.1. The molecule has 5 nitrogen and oxygen atoms in total. The molecule has 3 heterocycles. The number of aromatic nitrogens is 2. The van der Waals surface area contributed by atoms with Gasteiger partial charge in [0.2, 0.25) is 0 Å². The van der Waals surface area contributed by atoms with Crippen molar-refractivity contribution in [3.05, 3.63) is 40.7 Å². The van der Waals surface area contributed by atoms with Gasteiger partial charge in [0.1, 0.15) is 0 Å². The smallest absolute Gasteiger partial charge is 0.254 e. The van der Waals surface area contributed by atoms with E-state index in [2.05, 4.69) is 21.8 Å². The molecule has 1 amide bonds. The number of anilines is 1. The molecule has 0 aliphatic carbocycles. The van der Waals surface area contributed by atoms with E-state index in [-0.39, 0.29) is 5.91 Å². The molecular formula is C15H18N4OS. The Morgan fingerprint density at radius 2 is 1.81 bits per heavy atom. The number of nitrogens with zero attached hydrogens (tertiary/aromatic N) is 4. The van der Waals surface area contributed by atoms with Crippen molar-refractivity contribution in [2.75, 3.05) is 31.1 Å². The molecule has 1 saturated heterocycles. The highest BCUT2D eigenvalue weighted by Crippen LogP contribution is 2.26. The van der Waals surface area contributed by atoms with Crippen LogP contribution in [0.15, 0.2) is 24.5 Å². The van der Waals surface area contributed by atoms with E-state index in [1.165, 1.54) is 4.88 Å². The number of piperazine rings is 1. The van der Waals surface area contributed by atoms with Crippen LogP contribution in [0.3, 0.4) is 0 Å². The highest BCUT2D eigenvalue weighted by Gasteiger charge is 2.23. The van der Waals surface area contributed by atoms with Gasteiger partial charge in [-0.05, 0) is 26.0 Å². The zero-order valence-corrected chi connectivity index (χ0v) is 13.1. The maximum atomic E-state index is 12.4. The number of amides is 1. The van der Waals surface area contributed by atoms with Crippen molar-refractivity contribution in [3.8, 4) is 0 Å². The summed E-state index contributed by atoms with van der Waals surface area (Å²) < 4.78 is 0. The number of rotatable bonds is 2. The summed E-state index contributed by atoms with van der Waals surface area (Å²) in [5.41, 5.74) is 1.81. The number of hydrogen-bond donors (Lipinski definition) is 0. The van der Waals surface area contributed by atoms with E-state index < -0.39 is 0 Å². The average molecular weight is 302 g/mol. The predicted octanol–water partition coefficient (Wildman–Crippen LogP) is 2.12. The van der Waals surface area contributed by atoms with Crippen molar-refractivity contribution >= 4 is 22.4 Å². The number of carbonyl (C=O) groups is 1. The summed E-state index contributed by atoms with van der Waals surface area (Å²) in [5.74, 6) is 0.0866. The summed E-state index contributed by atoms with van der Waals surface area (Å²) >= 11 is 1.73. The van der Waals surface area contributed by atoms with Gasteiger partial charge in [0.15, 0.2) is 5.13 Å². The topological polar surface area (TPSA) is 49.3 Å². The van der Waals surface area contributed by atoms with Gasteiger partial charge in [0.05, 0.1) is 5.69 Å². The van der Waals surface area contributed by atoms with Crippen LogP contribution in [0.25, 0.3) is 0 Å². The summed E-state index contributed by atoms with van der Waals surface area (Å²) in [7, 11) is 0. The van der Waals surface area contributed by atoms with E-state index in [0.29, 0.717) is 5.56 Å². The van der Waals surface area contributed by atoms with Gasteiger partial charge in [-0.2, -0.15) is 0 Å². The standard InChI is InChI=1S/C15H18N4OS/c1-11-12(2)21-15(17-11)19-9-7-18(8-10-19)14(20)13-3-5-16-6-4-13/h3-6H,7-10H2,1-2H3. The summed E-state index contributed by atoms with van der Waals surface area (Å²) in [4.78, 5) is 26.3. The van der Waals surface area contributed by atoms with Crippen LogP contribution in [0.5, 0.6) is 0 Å². The Bertz CT molecular complexity index is 613. The molecule has 1 aliphatic heterocycles. The summed E-state index contributed by atoms with van der Waals surface area (Å²) in [5, 5.41) is 1.07. The third-order valence-electron chi connectivity index (χ3n) is 3.78. The fourth-order valence-corrected chi connectivity index (χ4v) is 3.33. The van der Waals surface area contributed by atoms with Crippen molar-refractivity contribution in [1.29, 1.82) is 0 Å². The maximum Gasteiger partial charge on any atom is 0.254 e. The lowest BCUT2D eigenvalue weighted by atomic mass is 10.2. The predicted molar refractivity (Wildman–Crippen MR) is 83.9 cm³/mol. The quantitative estimate of drug-likeness (QED) is 0.852. The van der Waals surface area contributed by atoms with Gasteiger partial charge >= 0.3 is 0 Å². The molecule has 0 unspecified atom stereocenters. The normalized spacial score (nSPS) is 15.3. The molecule has 2 aromatic rings. The van der Waals surface area contributed by atoms with Gasteiger partial charge in [-0.3, -0.25) is 9.78 Å². The molecule has 110 valence electrons. The molecule has 1 aliphatic rings. The van der Waals surface area contributed by atoms with E-state index in [4.69, 9.17) is 0 Å². The van der Waals surface area contributed by atoms with Crippen LogP contribution in [0, 0.1) is 13.8 Å². The maximum absolute atomic E-state index is 12.4. The van der Waals surface area contributed by atoms with Crippen LogP contribution in [0.2, 0.25) is 0 Å². The Labute approximate surface area is 128 Å². The van der Waals surface area contributed by atoms with E-state index in [1.807, 2.05) is 11.8 Å². The van der Waals surface area contributed by atoms with Crippen molar-refractivity contribution in [3.63, 3.8) is 0 Å². The molecule has 0 spiro atoms. The minimum absolute atomic E-state index is 0.0866. The molecule has 0 N–H and O–H groups in total. The summed E-state index contributed by atoms with van der Waals surface area (Å²) in [6.45, 7) is 7.28. The monoisotopic (exact) mass is 302 g/mol. The zero-order valence-electron chi connectivity index (χ0n) is 12.2. The average Bonchev–Trinajstić information content (AvgIpc) is 2.87. The molecule has 6 heteroatoms. The number of thiazole rings is 1. The fourth-order valence-electron chi connectivity index (χ4n) is 2.37. The molecule has 3 rings (SSSR count). The Balaban J connectivity index is 1.64. The largest absolute Gasteiger partial charge is 0.345 e. The molecule has 2 aromatic heterocycles. The molecule has 21 heavy (non-hydrogen) atoms. The Morgan fingerprint density at radius 3 is 2.38 bits per heavy atom. The fraction of sp³-hybridized carbons (Fsp3) is 0.400. The molecule has 0 atom stereocenters. The van der Waals surface area contributed by atoms with Crippen molar-refractivity contribution in [2.24, 2.45) is 0 Å². The second kappa shape index (κ2) is 5.81. The minimum Gasteiger partial charge on any atom is -0.345 e. The molecule has 0 bridgehead atoms. The Morgan fingerprint density at radius 1 is 1.14 bits per heavy atom. The zero-order chi connectivity index (χ0) is 14.8. The first kappa shape index (κ1) is 14.0. The third kappa shape index (κ3) is 2.90. The van der Waals surface area contributed by atoms with Gasteiger partial charge in [0.25, 0.3) is 5.91 Å². The molecule has 1 fully saturated rings. The van der Waals surface area contributed by atoms with E-state index in [1.54, 1.807) is 35.9 Å². The highest BCUT2D eigenvalue weighted by atomic mass is 32.1. The number of aryl methyl sites for hydroxylation is 2. The highest BCUT2D eigenvalue weighted by molar-refractivity contribution is 7.15. The first-order valence-electron chi connectivity index (χ1n) is 7.03. The number of carbonyl (C=O) groups excluding carboxylic acids is 1. The lowest BCUT2D eigenvalue weighted by Gasteiger charge is -2.34. The van der Waals surface area contributed by atoms with Crippen LogP contribution in [-0.4, -0.2) is 47.0 Å². The van der Waals surface area contributed by atoms with E-state index >= 15 is 0 Å². The third-order valence-corrected chi connectivity index (χ3v) is 4.92. The minimum atomic E-state index is 0.0866. The number of pyridine rings is 1. The second-order valence-corrected chi connectivity index (χ2v) is 6.33. The van der Waals surface area contributed by atoms with Crippen molar-refractivity contribution in [1.82, 2.24) is 14.9 Å². The van der Waals surface area contributed by atoms with Gasteiger partial charge in [-0.1, -0.05) is 0 Å². The van der Waals surface area contributed by atoms with Crippen LogP contribution in [0.4, 0.5) is 5.13 Å². The summed E-state index contributed by atoms with van der Waals surface area (Å²) in [6.07, 6.45) is 3.31. The lowest BCUT2D eigenvalue weighted by Crippen LogP contribution is -2.48. The SMILES string of the molecule is Cc1nc(N2CCN(C(=O)c3ccncc3)CC2)sc1C. The van der Waals surface area contributed by atoms with Gasteiger partial charge in [-0.25, -0.2) is 4.98 Å². The summed E-state index contributed by atoms with van der Waals surface area (Å²) in [6, 6.07) is 3.53. The van der Waals surface area contributed by atoms with Crippen LogP contribution < -0.4 is 4.90 Å². The van der Waals surface area contributed by atoms with Gasteiger partial charge in [0, 0.05) is 49.0 Å². The van der Waals surface area contributed by atoms with Crippen LogP contribution >= 0.6 is 11.3 Å². The molecule has 0 saturated carbocycles. The first-order valence-corrected chi connectivity index (χ1v) is 7.85. The van der Waals surface area contributed by atoms with Crippen molar-refractivity contribution < 1.29 is 4.79 Å². The second-order valence-electron chi connectivity index (χ2n) is 5.15. The molecular weight excluding hydrogens is 284 g/mol. The van der Waals surface area contributed by atoms with E-state index in [0.717, 1.165) is 37.0 Å². The molecule has 0 aromatic carbocycles. The lowest BCUT2D eigenvalue weighted by molar-refractivity contribution is 0.0746. The van der Waals surface area contributed by atoms with Gasteiger partial charge in [-0.15, -0.1) is 11.3 Å². The Kier molecular flexibility index (Phi) is 3.88. The van der Waals surface area contributed by atoms with Gasteiger partial charge < -0.3 is 9.80 Å². The van der Waals surface area contributed by atoms with E-state index in [9.17, 15) is 4.79 Å². The Hall–Kier alpha value is -1.95. The molecule has 0 radical (unpaired) electrons. The van der Waals surface area contributed by atoms with Crippen LogP contribution in [0.1, 0.15) is 20.9 Å². The van der Waals surface area contributed by atoms with Crippen LogP contribution in [-0.2, 0) is 0 Å².